The summed E-state index contributed by atoms with van der Waals surface area (Å²) >= 11 is 1.86. The molecule has 1 aliphatic heterocycles. The summed E-state index contributed by atoms with van der Waals surface area (Å²) < 4.78 is 10.6. The van der Waals surface area contributed by atoms with E-state index in [9.17, 15) is 0 Å². The van der Waals surface area contributed by atoms with Crippen molar-refractivity contribution in [1.29, 1.82) is 0 Å². The summed E-state index contributed by atoms with van der Waals surface area (Å²) in [5, 5.41) is 0. The maximum atomic E-state index is 5.91. The molecule has 0 unspecified atom stereocenters. The molecule has 1 fully saturated rings. The summed E-state index contributed by atoms with van der Waals surface area (Å²) in [6, 6.07) is 1.68. The quantitative estimate of drug-likeness (QED) is 0.874. The van der Waals surface area contributed by atoms with E-state index in [1.807, 2.05) is 11.8 Å². The van der Waals surface area contributed by atoms with E-state index in [4.69, 9.17) is 15.2 Å². The monoisotopic (exact) mass is 298 g/mol. The van der Waals surface area contributed by atoms with Gasteiger partial charge in [-0.05, 0) is 19.1 Å². The first kappa shape index (κ1) is 15.2. The summed E-state index contributed by atoms with van der Waals surface area (Å²) in [6.45, 7) is 2.51. The van der Waals surface area contributed by atoms with Crippen molar-refractivity contribution >= 4 is 17.7 Å². The lowest BCUT2D eigenvalue weighted by Gasteiger charge is -2.40. The summed E-state index contributed by atoms with van der Waals surface area (Å²) in [6.07, 6.45) is 4.20. The Balaban J connectivity index is 2.14. The van der Waals surface area contributed by atoms with Gasteiger partial charge in [-0.2, -0.15) is 21.7 Å². The van der Waals surface area contributed by atoms with Crippen molar-refractivity contribution in [2.75, 3.05) is 45.0 Å². The Morgan fingerprint density at radius 2 is 1.80 bits per heavy atom. The molecule has 7 heteroatoms. The number of thioether (sulfide) groups is 1. The molecule has 0 aromatic carbocycles. The number of hydrogen-bond donors (Lipinski definition) is 1. The molecular formula is C13H22N4O2S. The number of nitrogens with zero attached hydrogens (tertiary/aromatic N) is 3. The molecule has 0 amide bonds. The first-order valence-corrected chi connectivity index (χ1v) is 7.86. The highest BCUT2D eigenvalue weighted by Crippen LogP contribution is 2.34. The maximum Gasteiger partial charge on any atom is 0.231 e. The Morgan fingerprint density at radius 3 is 2.20 bits per heavy atom. The normalized spacial score (nSPS) is 17.9. The minimum Gasteiger partial charge on any atom is -0.481 e. The smallest absolute Gasteiger partial charge is 0.231 e. The molecule has 0 saturated carbocycles. The van der Waals surface area contributed by atoms with Crippen molar-refractivity contribution in [2.45, 2.75) is 17.6 Å². The number of methoxy groups -OCH3 is 2. The number of rotatable bonds is 5. The van der Waals surface area contributed by atoms with Crippen molar-refractivity contribution < 1.29 is 9.47 Å². The minimum absolute atomic E-state index is 0.194. The highest BCUT2D eigenvalue weighted by molar-refractivity contribution is 8.00. The number of hydrogen-bond acceptors (Lipinski definition) is 7. The van der Waals surface area contributed by atoms with Gasteiger partial charge < -0.3 is 20.1 Å². The molecule has 112 valence electrons. The van der Waals surface area contributed by atoms with Crippen LogP contribution in [-0.2, 0) is 0 Å². The second-order valence-electron chi connectivity index (χ2n) is 4.83. The van der Waals surface area contributed by atoms with Crippen LogP contribution in [0.5, 0.6) is 11.8 Å². The fourth-order valence-corrected chi connectivity index (χ4v) is 3.11. The van der Waals surface area contributed by atoms with Crippen molar-refractivity contribution in [2.24, 2.45) is 5.73 Å². The average molecular weight is 298 g/mol. The Labute approximate surface area is 124 Å². The summed E-state index contributed by atoms with van der Waals surface area (Å²) in [5.41, 5.74) is 5.91. The molecule has 0 atom stereocenters. The first-order chi connectivity index (χ1) is 9.66. The van der Waals surface area contributed by atoms with Crippen LogP contribution in [0.15, 0.2) is 6.07 Å². The molecule has 0 aliphatic carbocycles. The summed E-state index contributed by atoms with van der Waals surface area (Å²) in [7, 11) is 3.18. The number of nitrogens with two attached hydrogens (primary N) is 1. The molecule has 2 rings (SSSR count). The molecule has 20 heavy (non-hydrogen) atoms. The van der Waals surface area contributed by atoms with Crippen LogP contribution in [-0.4, -0.2) is 54.8 Å². The SMILES string of the molecule is COc1cc(OC)nc(N2CCC(CN)(SC)CC2)n1. The summed E-state index contributed by atoms with van der Waals surface area (Å²) in [4.78, 5) is 11.0. The van der Waals surface area contributed by atoms with Gasteiger partial charge in [-0.25, -0.2) is 0 Å². The highest BCUT2D eigenvalue weighted by atomic mass is 32.2. The fraction of sp³-hybridized carbons (Fsp3) is 0.692. The van der Waals surface area contributed by atoms with Crippen LogP contribution in [0.1, 0.15) is 12.8 Å². The number of aromatic nitrogens is 2. The molecule has 6 nitrogen and oxygen atoms in total. The molecule has 0 radical (unpaired) electrons. The lowest BCUT2D eigenvalue weighted by Crippen LogP contribution is -2.47. The lowest BCUT2D eigenvalue weighted by atomic mass is 9.96. The molecule has 2 N–H and O–H groups in total. The Hall–Kier alpha value is -1.21. The van der Waals surface area contributed by atoms with Gasteiger partial charge >= 0.3 is 0 Å². The van der Waals surface area contributed by atoms with E-state index in [0.29, 0.717) is 24.3 Å². The molecule has 1 aromatic heterocycles. The molecule has 2 heterocycles. The van der Waals surface area contributed by atoms with Gasteiger partial charge in [0, 0.05) is 24.4 Å². The van der Waals surface area contributed by atoms with Crippen LogP contribution < -0.4 is 20.1 Å². The second-order valence-corrected chi connectivity index (χ2v) is 6.11. The van der Waals surface area contributed by atoms with Gasteiger partial charge in [0.1, 0.15) is 0 Å². The van der Waals surface area contributed by atoms with Crippen LogP contribution in [0.2, 0.25) is 0 Å². The zero-order valence-electron chi connectivity index (χ0n) is 12.3. The zero-order chi connectivity index (χ0) is 14.6. The van der Waals surface area contributed by atoms with E-state index >= 15 is 0 Å². The number of anilines is 1. The van der Waals surface area contributed by atoms with Crippen molar-refractivity contribution in [1.82, 2.24) is 9.97 Å². The second kappa shape index (κ2) is 6.49. The predicted molar refractivity (Wildman–Crippen MR) is 81.9 cm³/mol. The van der Waals surface area contributed by atoms with Gasteiger partial charge in [-0.15, -0.1) is 0 Å². The van der Waals surface area contributed by atoms with E-state index in [0.717, 1.165) is 25.9 Å². The van der Waals surface area contributed by atoms with Crippen LogP contribution in [0.4, 0.5) is 5.95 Å². The fourth-order valence-electron chi connectivity index (χ4n) is 2.35. The Bertz CT molecular complexity index is 422. The lowest BCUT2D eigenvalue weighted by molar-refractivity contribution is 0.369. The van der Waals surface area contributed by atoms with Gasteiger partial charge in [-0.1, -0.05) is 0 Å². The van der Waals surface area contributed by atoms with E-state index in [-0.39, 0.29) is 4.75 Å². The van der Waals surface area contributed by atoms with Crippen molar-refractivity contribution in [3.05, 3.63) is 6.07 Å². The van der Waals surface area contributed by atoms with Gasteiger partial charge in [0.2, 0.25) is 17.7 Å². The van der Waals surface area contributed by atoms with E-state index in [1.165, 1.54) is 0 Å². The molecule has 0 bridgehead atoms. The van der Waals surface area contributed by atoms with E-state index in [1.54, 1.807) is 20.3 Å². The molecule has 0 spiro atoms. The molecule has 1 saturated heterocycles. The van der Waals surface area contributed by atoms with Crippen LogP contribution in [0.25, 0.3) is 0 Å². The standard InChI is InChI=1S/C13H22N4O2S/c1-18-10-8-11(19-2)16-12(15-10)17-6-4-13(9-14,20-3)5-7-17/h8H,4-7,9,14H2,1-3H3. The Kier molecular flexibility index (Phi) is 4.93. The highest BCUT2D eigenvalue weighted by Gasteiger charge is 2.33. The minimum atomic E-state index is 0.194. The molecular weight excluding hydrogens is 276 g/mol. The van der Waals surface area contributed by atoms with E-state index in [2.05, 4.69) is 21.1 Å². The molecule has 1 aliphatic rings. The third-order valence-electron chi connectivity index (χ3n) is 3.85. The average Bonchev–Trinajstić information content (AvgIpc) is 2.54. The number of ether oxygens (including phenoxy) is 2. The third kappa shape index (κ3) is 3.09. The predicted octanol–water partition coefficient (Wildman–Crippen LogP) is 1.15. The topological polar surface area (TPSA) is 73.5 Å². The van der Waals surface area contributed by atoms with Crippen molar-refractivity contribution in [3.8, 4) is 11.8 Å². The van der Waals surface area contributed by atoms with Crippen molar-refractivity contribution in [3.63, 3.8) is 0 Å². The zero-order valence-corrected chi connectivity index (χ0v) is 13.1. The van der Waals surface area contributed by atoms with Crippen LogP contribution >= 0.6 is 11.8 Å². The summed E-state index contributed by atoms with van der Waals surface area (Å²) in [5.74, 6) is 1.70. The van der Waals surface area contributed by atoms with Crippen LogP contribution in [0.3, 0.4) is 0 Å². The number of piperidine rings is 1. The van der Waals surface area contributed by atoms with E-state index < -0.39 is 0 Å². The maximum absolute atomic E-state index is 5.91. The van der Waals surface area contributed by atoms with Gasteiger partial charge in [0.05, 0.1) is 20.3 Å². The largest absolute Gasteiger partial charge is 0.481 e. The first-order valence-electron chi connectivity index (χ1n) is 6.63. The van der Waals surface area contributed by atoms with Gasteiger partial charge in [-0.3, -0.25) is 0 Å². The molecule has 1 aromatic rings. The van der Waals surface area contributed by atoms with Crippen LogP contribution in [0, 0.1) is 0 Å². The van der Waals surface area contributed by atoms with Gasteiger partial charge in [0.15, 0.2) is 0 Å². The third-order valence-corrected chi connectivity index (χ3v) is 5.29. The van der Waals surface area contributed by atoms with Gasteiger partial charge in [0.25, 0.3) is 0 Å². The Morgan fingerprint density at radius 1 is 1.25 bits per heavy atom.